The van der Waals surface area contributed by atoms with Crippen molar-refractivity contribution in [1.82, 2.24) is 5.43 Å². The van der Waals surface area contributed by atoms with Crippen LogP contribution in [0.1, 0.15) is 40.5 Å². The molecule has 0 spiro atoms. The number of rotatable bonds is 3. The summed E-state index contributed by atoms with van der Waals surface area (Å²) >= 11 is 0. The van der Waals surface area contributed by atoms with Gasteiger partial charge < -0.3 is 9.31 Å². The Labute approximate surface area is 115 Å². The predicted molar refractivity (Wildman–Crippen MR) is 72.6 cm³/mol. The van der Waals surface area contributed by atoms with Crippen molar-refractivity contribution >= 4 is 7.12 Å². The van der Waals surface area contributed by atoms with Crippen LogP contribution >= 0.6 is 0 Å². The summed E-state index contributed by atoms with van der Waals surface area (Å²) in [6, 6.07) is 0. The maximum absolute atomic E-state index is 8.46. The van der Waals surface area contributed by atoms with E-state index in [4.69, 9.17) is 14.7 Å². The zero-order chi connectivity index (χ0) is 13.8. The average Bonchev–Trinajstić information content (AvgIpc) is 2.72. The van der Waals surface area contributed by atoms with Gasteiger partial charge in [-0.05, 0) is 42.4 Å². The van der Waals surface area contributed by atoms with Gasteiger partial charge in [0.1, 0.15) is 0 Å². The van der Waals surface area contributed by atoms with Crippen LogP contribution in [-0.4, -0.2) is 25.4 Å². The second-order valence-corrected chi connectivity index (χ2v) is 7.28. The first kappa shape index (κ1) is 13.2. The van der Waals surface area contributed by atoms with E-state index in [0.29, 0.717) is 17.9 Å². The van der Waals surface area contributed by atoms with Crippen LogP contribution in [0.5, 0.6) is 0 Å². The van der Waals surface area contributed by atoms with E-state index in [9.17, 15) is 0 Å². The molecule has 4 aliphatic rings. The lowest BCUT2D eigenvalue weighted by Gasteiger charge is -2.64. The van der Waals surface area contributed by atoms with Crippen molar-refractivity contribution in [1.29, 1.82) is 5.39 Å². The Balaban J connectivity index is 1.72. The normalized spacial score (nSPS) is 43.9. The standard InChI is InChI=1S/C13H23BN3O2/c1-8(7-16-17-15)14-18-11-6-9-5-10(12(9,2)3)13(11,4)19-14/h8-11,16H,5-7H2,1-4H3/q+1. The molecule has 1 N–H and O–H groups in total. The van der Waals surface area contributed by atoms with Gasteiger partial charge in [-0.3, -0.25) is 0 Å². The first-order valence-corrected chi connectivity index (χ1v) is 7.30. The van der Waals surface area contributed by atoms with Gasteiger partial charge in [0.05, 0.1) is 18.2 Å². The van der Waals surface area contributed by atoms with Gasteiger partial charge in [-0.25, -0.2) is 0 Å². The first-order chi connectivity index (χ1) is 8.89. The van der Waals surface area contributed by atoms with Crippen molar-refractivity contribution in [3.63, 3.8) is 0 Å². The van der Waals surface area contributed by atoms with E-state index in [1.807, 2.05) is 0 Å². The molecule has 19 heavy (non-hydrogen) atoms. The van der Waals surface area contributed by atoms with Crippen molar-refractivity contribution in [3.05, 3.63) is 5.08 Å². The summed E-state index contributed by atoms with van der Waals surface area (Å²) < 4.78 is 12.4. The van der Waals surface area contributed by atoms with E-state index in [2.05, 4.69) is 38.2 Å². The summed E-state index contributed by atoms with van der Waals surface area (Å²) in [5, 5.41) is 11.4. The molecule has 104 valence electrons. The van der Waals surface area contributed by atoms with Crippen molar-refractivity contribution < 1.29 is 9.31 Å². The summed E-state index contributed by atoms with van der Waals surface area (Å²) in [5.74, 6) is 1.54. The minimum absolute atomic E-state index is 0.145. The van der Waals surface area contributed by atoms with Crippen molar-refractivity contribution in [2.75, 3.05) is 6.54 Å². The van der Waals surface area contributed by atoms with Crippen LogP contribution in [0.3, 0.4) is 0 Å². The summed E-state index contributed by atoms with van der Waals surface area (Å²) in [6.07, 6.45) is 2.61. The maximum Gasteiger partial charge on any atom is 0.462 e. The highest BCUT2D eigenvalue weighted by Crippen LogP contribution is 2.66. The first-order valence-electron chi connectivity index (χ1n) is 7.30. The van der Waals surface area contributed by atoms with Gasteiger partial charge in [-0.2, -0.15) is 0 Å². The third-order valence-electron chi connectivity index (χ3n) is 5.92. The third-order valence-corrected chi connectivity index (χ3v) is 5.92. The summed E-state index contributed by atoms with van der Waals surface area (Å²) in [7, 11) is -0.195. The zero-order valence-electron chi connectivity index (χ0n) is 12.2. The molecule has 4 rings (SSSR count). The monoisotopic (exact) mass is 264 g/mol. The topological polar surface area (TPSA) is 58.6 Å². The Morgan fingerprint density at radius 2 is 2.16 bits per heavy atom. The van der Waals surface area contributed by atoms with Crippen molar-refractivity contribution in [3.8, 4) is 0 Å². The summed E-state index contributed by atoms with van der Waals surface area (Å²) in [6.45, 7) is 9.55. The molecule has 5 unspecified atom stereocenters. The molecule has 5 nitrogen and oxygen atoms in total. The number of nitrogens with zero attached hydrogens (tertiary/aromatic N) is 2. The lowest BCUT2D eigenvalue weighted by molar-refractivity contribution is -0.199. The Morgan fingerprint density at radius 3 is 2.79 bits per heavy atom. The molecule has 3 aliphatic carbocycles. The van der Waals surface area contributed by atoms with Crippen molar-refractivity contribution in [2.45, 2.75) is 58.1 Å². The lowest BCUT2D eigenvalue weighted by atomic mass is 9.43. The van der Waals surface area contributed by atoms with E-state index < -0.39 is 0 Å². The van der Waals surface area contributed by atoms with Crippen LogP contribution in [0.15, 0.2) is 0 Å². The quantitative estimate of drug-likeness (QED) is 0.483. The SMILES string of the molecule is CC(CN[N+]#N)B1OC2CC3CC(C3(C)C)C2(C)O1. The fourth-order valence-corrected chi connectivity index (χ4v) is 4.43. The highest BCUT2D eigenvalue weighted by atomic mass is 16.7. The number of diazo groups is 1. The van der Waals surface area contributed by atoms with E-state index in [0.717, 1.165) is 12.3 Å². The molecular weight excluding hydrogens is 241 g/mol. The maximum atomic E-state index is 8.46. The number of hydrogen-bond donors (Lipinski definition) is 1. The summed E-state index contributed by atoms with van der Waals surface area (Å²) in [4.78, 5) is 0. The van der Waals surface area contributed by atoms with Gasteiger partial charge in [0.2, 0.25) is 0 Å². The molecule has 5 atom stereocenters. The molecule has 4 fully saturated rings. The molecular formula is C13H23BN3O2+. The molecule has 1 saturated heterocycles. The highest BCUT2D eigenvalue weighted by Gasteiger charge is 2.68. The molecule has 0 aromatic carbocycles. The van der Waals surface area contributed by atoms with E-state index >= 15 is 0 Å². The molecule has 2 bridgehead atoms. The Kier molecular flexibility index (Phi) is 2.85. The van der Waals surface area contributed by atoms with Crippen LogP contribution in [0.4, 0.5) is 0 Å². The second-order valence-electron chi connectivity index (χ2n) is 7.28. The molecule has 1 heterocycles. The van der Waals surface area contributed by atoms with Crippen LogP contribution in [0.2, 0.25) is 5.82 Å². The van der Waals surface area contributed by atoms with Crippen LogP contribution in [-0.2, 0) is 9.31 Å². The van der Waals surface area contributed by atoms with Gasteiger partial charge in [0, 0.05) is 5.82 Å². The molecule has 1 aliphatic heterocycles. The van der Waals surface area contributed by atoms with E-state index in [1.165, 1.54) is 6.42 Å². The zero-order valence-corrected chi connectivity index (χ0v) is 12.2. The minimum Gasteiger partial charge on any atom is -0.405 e. The Morgan fingerprint density at radius 1 is 1.42 bits per heavy atom. The predicted octanol–water partition coefficient (Wildman–Crippen LogP) is 2.46. The smallest absolute Gasteiger partial charge is 0.405 e. The Hall–Kier alpha value is -0.795. The second kappa shape index (κ2) is 4.10. The van der Waals surface area contributed by atoms with Gasteiger partial charge in [-0.15, -0.1) is 0 Å². The third kappa shape index (κ3) is 1.71. The summed E-state index contributed by atoms with van der Waals surface area (Å²) in [5.41, 5.74) is 2.81. The van der Waals surface area contributed by atoms with Gasteiger partial charge in [0.15, 0.2) is 0 Å². The number of nitrogens with one attached hydrogen (secondary N) is 1. The highest BCUT2D eigenvalue weighted by molar-refractivity contribution is 6.47. The van der Waals surface area contributed by atoms with Crippen LogP contribution in [0.25, 0.3) is 5.08 Å². The minimum atomic E-state index is -0.195. The fourth-order valence-electron chi connectivity index (χ4n) is 4.43. The Bertz CT molecular complexity index is 425. The fraction of sp³-hybridized carbons (Fsp3) is 1.00. The molecule has 6 heteroatoms. The van der Waals surface area contributed by atoms with Crippen LogP contribution in [0, 0.1) is 22.6 Å². The molecule has 0 amide bonds. The molecule has 0 radical (unpaired) electrons. The lowest BCUT2D eigenvalue weighted by Crippen LogP contribution is -2.65. The van der Waals surface area contributed by atoms with Crippen LogP contribution < -0.4 is 5.43 Å². The average molecular weight is 264 g/mol. The van der Waals surface area contributed by atoms with Crippen molar-refractivity contribution in [2.24, 2.45) is 17.3 Å². The van der Waals surface area contributed by atoms with Gasteiger partial charge >= 0.3 is 12.2 Å². The number of hydrogen-bond acceptors (Lipinski definition) is 4. The van der Waals surface area contributed by atoms with Gasteiger partial charge in [-0.1, -0.05) is 20.8 Å². The molecule has 0 aromatic rings. The van der Waals surface area contributed by atoms with E-state index in [-0.39, 0.29) is 24.6 Å². The molecule has 0 aromatic heterocycles. The largest absolute Gasteiger partial charge is 0.462 e. The van der Waals surface area contributed by atoms with E-state index in [1.54, 1.807) is 0 Å². The molecule has 3 saturated carbocycles. The van der Waals surface area contributed by atoms with Gasteiger partial charge in [0.25, 0.3) is 5.39 Å².